The van der Waals surface area contributed by atoms with Crippen molar-refractivity contribution in [2.24, 2.45) is 0 Å². The van der Waals surface area contributed by atoms with Crippen molar-refractivity contribution in [3.05, 3.63) is 84.1 Å². The first-order valence-corrected chi connectivity index (χ1v) is 10.9. The Balaban J connectivity index is 1.67. The second-order valence-corrected chi connectivity index (χ2v) is 7.79. The summed E-state index contributed by atoms with van der Waals surface area (Å²) in [4.78, 5) is 26.6. The molecule has 0 fully saturated rings. The van der Waals surface area contributed by atoms with Gasteiger partial charge in [-0.3, -0.25) is 14.8 Å². The number of pyridine rings is 2. The predicted molar refractivity (Wildman–Crippen MR) is 130 cm³/mol. The van der Waals surface area contributed by atoms with Crippen molar-refractivity contribution in [3.8, 4) is 22.9 Å². The maximum Gasteiger partial charge on any atom is 0.255 e. The molecule has 1 aromatic carbocycles. The largest absolute Gasteiger partial charge is 0.493 e. The third-order valence-electron chi connectivity index (χ3n) is 5.66. The number of anilines is 2. The van der Waals surface area contributed by atoms with Gasteiger partial charge in [-0.1, -0.05) is 12.1 Å². The standard InChI is InChI=1S/C25H23N7O3/c1-15-20(24(33)29-17-8-6-12-27-14-17)21(18-9-4-10-19(34-2)22(18)35-3)32-25(28-15)30-23(31-32)16-7-5-11-26-13-16/h4-14,21H,1-3H3,(H,29,33)(H,28,30,31). The van der Waals surface area contributed by atoms with Gasteiger partial charge in [-0.25, -0.2) is 4.68 Å². The Morgan fingerprint density at radius 1 is 1.03 bits per heavy atom. The number of aromatic nitrogens is 5. The van der Waals surface area contributed by atoms with E-state index in [1.54, 1.807) is 61.9 Å². The normalized spacial score (nSPS) is 14.7. The highest BCUT2D eigenvalue weighted by Gasteiger charge is 2.36. The molecule has 1 atom stereocenters. The Bertz CT molecular complexity index is 1400. The summed E-state index contributed by atoms with van der Waals surface area (Å²) in [7, 11) is 3.14. The fraction of sp³-hybridized carbons (Fsp3) is 0.160. The van der Waals surface area contributed by atoms with Gasteiger partial charge in [0.05, 0.1) is 31.7 Å². The zero-order valence-corrected chi connectivity index (χ0v) is 19.4. The number of methoxy groups -OCH3 is 2. The summed E-state index contributed by atoms with van der Waals surface area (Å²) in [5.41, 5.74) is 3.13. The maximum atomic E-state index is 13.6. The molecule has 176 valence electrons. The van der Waals surface area contributed by atoms with Crippen molar-refractivity contribution < 1.29 is 14.3 Å². The third-order valence-corrected chi connectivity index (χ3v) is 5.66. The quantitative estimate of drug-likeness (QED) is 0.439. The number of hydrogen-bond donors (Lipinski definition) is 2. The SMILES string of the molecule is COc1cccc(C2C(C(=O)Nc3cccnc3)=C(C)Nc3nc(-c4cccnc4)nn32)c1OC. The molecule has 35 heavy (non-hydrogen) atoms. The van der Waals surface area contributed by atoms with Crippen LogP contribution in [0.2, 0.25) is 0 Å². The Hall–Kier alpha value is -4.73. The van der Waals surface area contributed by atoms with E-state index in [2.05, 4.69) is 25.6 Å². The molecule has 3 aromatic heterocycles. The minimum absolute atomic E-state index is 0.304. The van der Waals surface area contributed by atoms with Gasteiger partial charge in [0.25, 0.3) is 5.91 Å². The van der Waals surface area contributed by atoms with Crippen LogP contribution in [0.3, 0.4) is 0 Å². The molecule has 1 unspecified atom stereocenters. The molecule has 2 N–H and O–H groups in total. The molecule has 0 bridgehead atoms. The van der Waals surface area contributed by atoms with Gasteiger partial charge in [-0.05, 0) is 37.3 Å². The molecular formula is C25H23N7O3. The van der Waals surface area contributed by atoms with Crippen LogP contribution in [-0.4, -0.2) is 44.9 Å². The zero-order chi connectivity index (χ0) is 24.4. The average Bonchev–Trinajstić information content (AvgIpc) is 3.32. The van der Waals surface area contributed by atoms with Crippen LogP contribution in [0.4, 0.5) is 11.6 Å². The topological polar surface area (TPSA) is 116 Å². The van der Waals surface area contributed by atoms with Gasteiger partial charge in [0.2, 0.25) is 5.95 Å². The first kappa shape index (κ1) is 22.1. The van der Waals surface area contributed by atoms with Gasteiger partial charge in [-0.15, -0.1) is 5.10 Å². The minimum Gasteiger partial charge on any atom is -0.493 e. The third kappa shape index (κ3) is 4.05. The Kier molecular flexibility index (Phi) is 5.84. The minimum atomic E-state index is -0.647. The van der Waals surface area contributed by atoms with E-state index in [4.69, 9.17) is 14.6 Å². The molecule has 1 aliphatic rings. The summed E-state index contributed by atoms with van der Waals surface area (Å²) in [5, 5.41) is 10.9. The van der Waals surface area contributed by atoms with E-state index in [9.17, 15) is 4.79 Å². The molecule has 1 aliphatic heterocycles. The predicted octanol–water partition coefficient (Wildman–Crippen LogP) is 3.68. The fourth-order valence-electron chi connectivity index (χ4n) is 4.11. The fourth-order valence-corrected chi connectivity index (χ4v) is 4.11. The van der Waals surface area contributed by atoms with E-state index < -0.39 is 6.04 Å². The van der Waals surface area contributed by atoms with E-state index >= 15 is 0 Å². The van der Waals surface area contributed by atoms with Crippen LogP contribution >= 0.6 is 0 Å². The molecule has 4 aromatic rings. The summed E-state index contributed by atoms with van der Waals surface area (Å²) in [6, 6.07) is 12.1. The van der Waals surface area contributed by atoms with Gasteiger partial charge < -0.3 is 20.1 Å². The molecular weight excluding hydrogens is 446 g/mol. The molecule has 4 heterocycles. The smallest absolute Gasteiger partial charge is 0.255 e. The number of nitrogens with one attached hydrogen (secondary N) is 2. The van der Waals surface area contributed by atoms with Gasteiger partial charge in [0.1, 0.15) is 6.04 Å². The van der Waals surface area contributed by atoms with E-state index in [0.717, 1.165) is 5.56 Å². The first-order valence-electron chi connectivity index (χ1n) is 10.9. The molecule has 1 amide bonds. The van der Waals surface area contributed by atoms with Crippen molar-refractivity contribution in [2.75, 3.05) is 24.9 Å². The van der Waals surface area contributed by atoms with E-state index in [1.165, 1.54) is 0 Å². The first-order chi connectivity index (χ1) is 17.1. The molecule has 0 radical (unpaired) electrons. The molecule has 0 saturated heterocycles. The summed E-state index contributed by atoms with van der Waals surface area (Å²) >= 11 is 0. The van der Waals surface area contributed by atoms with Crippen molar-refractivity contribution in [3.63, 3.8) is 0 Å². The van der Waals surface area contributed by atoms with Crippen LogP contribution in [0.5, 0.6) is 11.5 Å². The monoisotopic (exact) mass is 469 g/mol. The van der Waals surface area contributed by atoms with Gasteiger partial charge in [0.15, 0.2) is 17.3 Å². The number of fused-ring (bicyclic) bond motifs is 1. The number of ether oxygens (including phenoxy) is 2. The summed E-state index contributed by atoms with van der Waals surface area (Å²) in [6.45, 7) is 1.83. The van der Waals surface area contributed by atoms with Gasteiger partial charge in [0, 0.05) is 35.4 Å². The lowest BCUT2D eigenvalue weighted by Crippen LogP contribution is -2.31. The average molecular weight is 470 g/mol. The molecule has 0 spiro atoms. The molecule has 0 aliphatic carbocycles. The summed E-state index contributed by atoms with van der Waals surface area (Å²) in [5.74, 6) is 1.72. The summed E-state index contributed by atoms with van der Waals surface area (Å²) < 4.78 is 12.9. The highest BCUT2D eigenvalue weighted by molar-refractivity contribution is 6.06. The maximum absolute atomic E-state index is 13.6. The zero-order valence-electron chi connectivity index (χ0n) is 19.4. The number of hydrogen-bond acceptors (Lipinski definition) is 8. The number of carbonyl (C=O) groups excluding carboxylic acids is 1. The van der Waals surface area contributed by atoms with E-state index in [0.29, 0.717) is 45.8 Å². The van der Waals surface area contributed by atoms with Gasteiger partial charge >= 0.3 is 0 Å². The molecule has 10 heteroatoms. The number of carbonyl (C=O) groups is 1. The van der Waals surface area contributed by atoms with Crippen LogP contribution in [0.15, 0.2) is 78.5 Å². The van der Waals surface area contributed by atoms with E-state index in [-0.39, 0.29) is 5.91 Å². The Labute approximate surface area is 201 Å². The molecule has 10 nitrogen and oxygen atoms in total. The number of allylic oxidation sites excluding steroid dienone is 1. The van der Waals surface area contributed by atoms with E-state index in [1.807, 2.05) is 31.2 Å². The number of rotatable bonds is 6. The highest BCUT2D eigenvalue weighted by atomic mass is 16.5. The van der Waals surface area contributed by atoms with Gasteiger partial charge in [-0.2, -0.15) is 4.98 Å². The second kappa shape index (κ2) is 9.26. The highest BCUT2D eigenvalue weighted by Crippen LogP contribution is 2.43. The van der Waals surface area contributed by atoms with Crippen LogP contribution in [0.1, 0.15) is 18.5 Å². The van der Waals surface area contributed by atoms with Crippen LogP contribution in [0, 0.1) is 0 Å². The van der Waals surface area contributed by atoms with Crippen LogP contribution in [-0.2, 0) is 4.79 Å². The van der Waals surface area contributed by atoms with Crippen LogP contribution in [0.25, 0.3) is 11.4 Å². The number of para-hydroxylation sites is 1. The lowest BCUT2D eigenvalue weighted by Gasteiger charge is -2.29. The van der Waals surface area contributed by atoms with Crippen molar-refractivity contribution in [1.82, 2.24) is 24.7 Å². The lowest BCUT2D eigenvalue weighted by atomic mass is 9.94. The number of nitrogens with zero attached hydrogens (tertiary/aromatic N) is 5. The van der Waals surface area contributed by atoms with Crippen LogP contribution < -0.4 is 20.1 Å². The van der Waals surface area contributed by atoms with Crippen molar-refractivity contribution in [1.29, 1.82) is 0 Å². The number of amides is 1. The van der Waals surface area contributed by atoms with Crippen molar-refractivity contribution in [2.45, 2.75) is 13.0 Å². The number of benzene rings is 1. The summed E-state index contributed by atoms with van der Waals surface area (Å²) in [6.07, 6.45) is 6.62. The lowest BCUT2D eigenvalue weighted by molar-refractivity contribution is -0.113. The Morgan fingerprint density at radius 3 is 2.51 bits per heavy atom. The second-order valence-electron chi connectivity index (χ2n) is 7.79. The molecule has 5 rings (SSSR count). The Morgan fingerprint density at radius 2 is 1.83 bits per heavy atom. The van der Waals surface area contributed by atoms with Crippen molar-refractivity contribution >= 4 is 17.5 Å². The molecule has 0 saturated carbocycles.